The summed E-state index contributed by atoms with van der Waals surface area (Å²) in [6.07, 6.45) is 0.416. The Kier molecular flexibility index (Phi) is 4.03. The number of hydrogen-bond donors (Lipinski definition) is 3. The van der Waals surface area contributed by atoms with Gasteiger partial charge in [0.15, 0.2) is 0 Å². The Hall–Kier alpha value is -1.40. The number of carbonyl (C=O) groups excluding carboxylic acids is 1. The van der Waals surface area contributed by atoms with E-state index in [1.54, 1.807) is 13.8 Å². The van der Waals surface area contributed by atoms with E-state index in [0.29, 0.717) is 12.1 Å². The number of nitrogens with zero attached hydrogens (tertiary/aromatic N) is 1. The second-order valence-corrected chi connectivity index (χ2v) is 3.74. The lowest BCUT2D eigenvalue weighted by atomic mass is 9.98. The summed E-state index contributed by atoms with van der Waals surface area (Å²) in [6, 6.07) is 1.49. The highest BCUT2D eigenvalue weighted by Crippen LogP contribution is 2.11. The van der Waals surface area contributed by atoms with Crippen LogP contribution < -0.4 is 5.32 Å². The highest BCUT2D eigenvalue weighted by molar-refractivity contribution is 5.91. The van der Waals surface area contributed by atoms with Gasteiger partial charge in [0, 0.05) is 6.07 Å². The summed E-state index contributed by atoms with van der Waals surface area (Å²) < 4.78 is 4.78. The fourth-order valence-electron chi connectivity index (χ4n) is 1.21. The molecule has 90 valence electrons. The summed E-state index contributed by atoms with van der Waals surface area (Å²) in [5, 5.41) is 24.4. The molecule has 0 bridgehead atoms. The van der Waals surface area contributed by atoms with E-state index < -0.39 is 11.4 Å². The molecule has 0 saturated carbocycles. The van der Waals surface area contributed by atoms with Gasteiger partial charge in [-0.1, -0.05) is 12.1 Å². The molecule has 1 heterocycles. The topological polar surface area (TPSA) is 95.6 Å². The Morgan fingerprint density at radius 1 is 1.56 bits per heavy atom. The first-order valence-electron chi connectivity index (χ1n) is 5.04. The molecule has 3 N–H and O–H groups in total. The van der Waals surface area contributed by atoms with Crippen LogP contribution in [0.1, 0.15) is 29.6 Å². The molecule has 1 aromatic heterocycles. The molecular formula is C10H16N2O4. The molecule has 0 aliphatic heterocycles. The van der Waals surface area contributed by atoms with Gasteiger partial charge in [0.2, 0.25) is 5.76 Å². The molecule has 0 unspecified atom stereocenters. The number of carbonyl (C=O) groups is 1. The quantitative estimate of drug-likeness (QED) is 0.651. The maximum atomic E-state index is 11.7. The summed E-state index contributed by atoms with van der Waals surface area (Å²) in [4.78, 5) is 11.7. The smallest absolute Gasteiger partial charge is 0.290 e. The van der Waals surface area contributed by atoms with E-state index in [4.69, 9.17) is 14.7 Å². The van der Waals surface area contributed by atoms with Crippen molar-refractivity contribution in [1.82, 2.24) is 10.5 Å². The van der Waals surface area contributed by atoms with Gasteiger partial charge in [0.1, 0.15) is 0 Å². The van der Waals surface area contributed by atoms with Gasteiger partial charge in [-0.3, -0.25) is 4.79 Å². The maximum absolute atomic E-state index is 11.7. The number of aliphatic hydroxyl groups is 2. The van der Waals surface area contributed by atoms with Gasteiger partial charge in [-0.05, 0) is 13.3 Å². The first-order valence-corrected chi connectivity index (χ1v) is 5.04. The Labute approximate surface area is 93.3 Å². The molecule has 0 atom stereocenters. The first-order chi connectivity index (χ1) is 7.56. The lowest BCUT2D eigenvalue weighted by molar-refractivity contribution is 0.0626. The number of nitrogens with one attached hydrogen (secondary N) is 1. The van der Waals surface area contributed by atoms with Crippen LogP contribution in [0.15, 0.2) is 10.6 Å². The van der Waals surface area contributed by atoms with Gasteiger partial charge in [-0.15, -0.1) is 0 Å². The zero-order valence-corrected chi connectivity index (χ0v) is 9.36. The second-order valence-electron chi connectivity index (χ2n) is 3.74. The van der Waals surface area contributed by atoms with E-state index in [1.165, 1.54) is 6.07 Å². The molecule has 0 spiro atoms. The van der Waals surface area contributed by atoms with E-state index in [0.717, 1.165) is 0 Å². The van der Waals surface area contributed by atoms with Crippen LogP contribution in [0.4, 0.5) is 0 Å². The molecule has 0 saturated heterocycles. The number of aliphatic hydroxyl groups excluding tert-OH is 2. The Balaban J connectivity index is 2.76. The summed E-state index contributed by atoms with van der Waals surface area (Å²) in [5.74, 6) is -0.428. The number of amides is 1. The van der Waals surface area contributed by atoms with Gasteiger partial charge >= 0.3 is 0 Å². The van der Waals surface area contributed by atoms with Gasteiger partial charge in [0.25, 0.3) is 5.91 Å². The molecule has 1 aromatic rings. The van der Waals surface area contributed by atoms with Crippen LogP contribution in [0.25, 0.3) is 0 Å². The average molecular weight is 228 g/mol. The van der Waals surface area contributed by atoms with Crippen LogP contribution in [0, 0.1) is 6.92 Å². The minimum Gasteiger partial charge on any atom is -0.394 e. The fraction of sp³-hybridized carbons (Fsp3) is 0.600. The molecule has 1 rings (SSSR count). The number of aryl methyl sites for hydroxylation is 1. The van der Waals surface area contributed by atoms with Crippen molar-refractivity contribution in [2.24, 2.45) is 0 Å². The second kappa shape index (κ2) is 5.09. The molecular weight excluding hydrogens is 212 g/mol. The van der Waals surface area contributed by atoms with Crippen LogP contribution in [0.5, 0.6) is 0 Å². The normalized spacial score (nSPS) is 11.5. The lowest BCUT2D eigenvalue weighted by Crippen LogP contribution is -2.53. The molecule has 0 aliphatic rings. The Bertz CT molecular complexity index is 349. The molecule has 0 fully saturated rings. The minimum atomic E-state index is -1.02. The summed E-state index contributed by atoms with van der Waals surface area (Å²) in [5.41, 5.74) is -0.419. The number of aromatic nitrogens is 1. The van der Waals surface area contributed by atoms with Crippen molar-refractivity contribution in [2.45, 2.75) is 25.8 Å². The average Bonchev–Trinajstić information content (AvgIpc) is 2.73. The number of rotatable bonds is 5. The number of hydrogen-bond acceptors (Lipinski definition) is 5. The minimum absolute atomic E-state index is 0.0669. The SMILES string of the molecule is CCC(CO)(CO)NC(=O)c1cc(C)no1. The summed E-state index contributed by atoms with van der Waals surface area (Å²) >= 11 is 0. The molecule has 0 aliphatic carbocycles. The van der Waals surface area contributed by atoms with Gasteiger partial charge in [-0.2, -0.15) is 0 Å². The predicted octanol–water partition coefficient (Wildman–Crippen LogP) is -0.154. The van der Waals surface area contributed by atoms with E-state index in [9.17, 15) is 4.79 Å². The molecule has 16 heavy (non-hydrogen) atoms. The van der Waals surface area contributed by atoms with Crippen molar-refractivity contribution in [3.05, 3.63) is 17.5 Å². The van der Waals surface area contributed by atoms with E-state index >= 15 is 0 Å². The highest BCUT2D eigenvalue weighted by Gasteiger charge is 2.30. The molecule has 6 nitrogen and oxygen atoms in total. The van der Waals surface area contributed by atoms with Crippen molar-refractivity contribution in [2.75, 3.05) is 13.2 Å². The predicted molar refractivity (Wildman–Crippen MR) is 55.9 cm³/mol. The lowest BCUT2D eigenvalue weighted by Gasteiger charge is -2.28. The van der Waals surface area contributed by atoms with E-state index in [2.05, 4.69) is 10.5 Å². The van der Waals surface area contributed by atoms with Crippen molar-refractivity contribution in [3.63, 3.8) is 0 Å². The van der Waals surface area contributed by atoms with Crippen molar-refractivity contribution in [3.8, 4) is 0 Å². The van der Waals surface area contributed by atoms with E-state index in [-0.39, 0.29) is 19.0 Å². The largest absolute Gasteiger partial charge is 0.394 e. The van der Waals surface area contributed by atoms with Crippen LogP contribution >= 0.6 is 0 Å². The van der Waals surface area contributed by atoms with Crippen LogP contribution in [-0.2, 0) is 0 Å². The molecule has 6 heteroatoms. The zero-order valence-electron chi connectivity index (χ0n) is 9.36. The van der Waals surface area contributed by atoms with Gasteiger partial charge in [0.05, 0.1) is 24.4 Å². The zero-order chi connectivity index (χ0) is 12.2. The monoisotopic (exact) mass is 228 g/mol. The van der Waals surface area contributed by atoms with Crippen molar-refractivity contribution in [1.29, 1.82) is 0 Å². The van der Waals surface area contributed by atoms with Crippen molar-refractivity contribution >= 4 is 5.91 Å². The van der Waals surface area contributed by atoms with Gasteiger partial charge in [-0.25, -0.2) is 0 Å². The highest BCUT2D eigenvalue weighted by atomic mass is 16.5. The molecule has 0 radical (unpaired) electrons. The van der Waals surface area contributed by atoms with E-state index in [1.807, 2.05) is 0 Å². The Morgan fingerprint density at radius 3 is 2.56 bits per heavy atom. The maximum Gasteiger partial charge on any atom is 0.290 e. The van der Waals surface area contributed by atoms with Crippen molar-refractivity contribution < 1.29 is 19.5 Å². The van der Waals surface area contributed by atoms with Gasteiger partial charge < -0.3 is 20.1 Å². The third kappa shape index (κ3) is 2.59. The van der Waals surface area contributed by atoms with Crippen LogP contribution in [0.2, 0.25) is 0 Å². The third-order valence-corrected chi connectivity index (χ3v) is 2.51. The first kappa shape index (κ1) is 12.7. The van der Waals surface area contributed by atoms with Crippen LogP contribution in [0.3, 0.4) is 0 Å². The standard InChI is InChI=1S/C10H16N2O4/c1-3-10(5-13,6-14)11-9(15)8-4-7(2)12-16-8/h4,13-14H,3,5-6H2,1-2H3,(H,11,15). The molecule has 0 aromatic carbocycles. The fourth-order valence-corrected chi connectivity index (χ4v) is 1.21. The van der Waals surface area contributed by atoms with Crippen LogP contribution in [-0.4, -0.2) is 40.0 Å². The summed E-state index contributed by atoms with van der Waals surface area (Å²) in [7, 11) is 0. The third-order valence-electron chi connectivity index (χ3n) is 2.51. The summed E-state index contributed by atoms with van der Waals surface area (Å²) in [6.45, 7) is 2.79. The molecule has 1 amide bonds. The Morgan fingerprint density at radius 2 is 2.19 bits per heavy atom.